The van der Waals surface area contributed by atoms with Crippen LogP contribution in [0.2, 0.25) is 0 Å². The van der Waals surface area contributed by atoms with Crippen molar-refractivity contribution in [2.45, 2.75) is 24.2 Å². The first kappa shape index (κ1) is 21.9. The molecule has 0 spiro atoms. The van der Waals surface area contributed by atoms with E-state index < -0.39 is 10.0 Å². The molecule has 3 rings (SSSR count). The van der Waals surface area contributed by atoms with Gasteiger partial charge in [0, 0.05) is 19.2 Å². The summed E-state index contributed by atoms with van der Waals surface area (Å²) in [5.41, 5.74) is 0.495. The number of nitrogens with one attached hydrogen (secondary N) is 1. The van der Waals surface area contributed by atoms with Crippen LogP contribution in [0.4, 0.5) is 5.69 Å². The van der Waals surface area contributed by atoms with E-state index in [0.717, 1.165) is 19.3 Å². The lowest BCUT2D eigenvalue weighted by Crippen LogP contribution is -2.35. The average Bonchev–Trinajstić information content (AvgIpc) is 2.78. The van der Waals surface area contributed by atoms with Crippen molar-refractivity contribution in [1.82, 2.24) is 4.31 Å². The number of anilines is 1. The van der Waals surface area contributed by atoms with Gasteiger partial charge in [-0.1, -0.05) is 6.42 Å². The number of methoxy groups -OCH3 is 2. The number of sulfonamides is 1. The summed E-state index contributed by atoms with van der Waals surface area (Å²) in [5.74, 6) is 1.11. The van der Waals surface area contributed by atoms with Gasteiger partial charge in [0.2, 0.25) is 10.0 Å². The van der Waals surface area contributed by atoms with Crippen LogP contribution in [0.3, 0.4) is 0 Å². The third-order valence-electron chi connectivity index (χ3n) is 4.83. The molecule has 1 fully saturated rings. The maximum Gasteiger partial charge on any atom is 0.262 e. The lowest BCUT2D eigenvalue weighted by atomic mass is 10.2. The molecule has 0 aromatic heterocycles. The Morgan fingerprint density at radius 3 is 2.27 bits per heavy atom. The molecule has 30 heavy (non-hydrogen) atoms. The molecular formula is C21H26N2O6S. The summed E-state index contributed by atoms with van der Waals surface area (Å²) in [7, 11) is -0.444. The van der Waals surface area contributed by atoms with Gasteiger partial charge in [-0.2, -0.15) is 4.31 Å². The predicted molar refractivity (Wildman–Crippen MR) is 113 cm³/mol. The minimum atomic E-state index is -3.49. The maximum atomic E-state index is 12.7. The Kier molecular flexibility index (Phi) is 7.17. The van der Waals surface area contributed by atoms with Crippen molar-refractivity contribution in [1.29, 1.82) is 0 Å². The van der Waals surface area contributed by atoms with Crippen molar-refractivity contribution in [2.24, 2.45) is 0 Å². The highest BCUT2D eigenvalue weighted by Gasteiger charge is 2.25. The highest BCUT2D eigenvalue weighted by atomic mass is 32.2. The fourth-order valence-corrected chi connectivity index (χ4v) is 4.72. The van der Waals surface area contributed by atoms with E-state index in [-0.39, 0.29) is 17.4 Å². The highest BCUT2D eigenvalue weighted by Crippen LogP contribution is 2.29. The van der Waals surface area contributed by atoms with Crippen LogP contribution in [0.15, 0.2) is 47.4 Å². The number of piperidine rings is 1. The van der Waals surface area contributed by atoms with Gasteiger partial charge in [0.15, 0.2) is 6.61 Å². The van der Waals surface area contributed by atoms with Crippen LogP contribution in [0.1, 0.15) is 19.3 Å². The Morgan fingerprint density at radius 2 is 1.63 bits per heavy atom. The van der Waals surface area contributed by atoms with Gasteiger partial charge in [-0.05, 0) is 49.2 Å². The van der Waals surface area contributed by atoms with Crippen LogP contribution >= 0.6 is 0 Å². The quantitative estimate of drug-likeness (QED) is 0.687. The topological polar surface area (TPSA) is 94.2 Å². The lowest BCUT2D eigenvalue weighted by Gasteiger charge is -2.25. The van der Waals surface area contributed by atoms with Crippen molar-refractivity contribution in [3.8, 4) is 17.2 Å². The van der Waals surface area contributed by atoms with Crippen LogP contribution in [-0.2, 0) is 14.8 Å². The lowest BCUT2D eigenvalue weighted by molar-refractivity contribution is -0.118. The van der Waals surface area contributed by atoms with E-state index in [0.29, 0.717) is 36.0 Å². The van der Waals surface area contributed by atoms with Crippen LogP contribution < -0.4 is 19.5 Å². The molecule has 0 bridgehead atoms. The average molecular weight is 435 g/mol. The summed E-state index contributed by atoms with van der Waals surface area (Å²) < 4.78 is 42.7. The van der Waals surface area contributed by atoms with Crippen molar-refractivity contribution in [2.75, 3.05) is 39.2 Å². The minimum absolute atomic E-state index is 0.226. The zero-order valence-electron chi connectivity index (χ0n) is 17.1. The van der Waals surface area contributed by atoms with Crippen LogP contribution in [0.25, 0.3) is 0 Å². The largest absolute Gasteiger partial charge is 0.497 e. The summed E-state index contributed by atoms with van der Waals surface area (Å²) in [6.45, 7) is 0.874. The van der Waals surface area contributed by atoms with Crippen LogP contribution in [0.5, 0.6) is 17.2 Å². The molecule has 162 valence electrons. The second-order valence-electron chi connectivity index (χ2n) is 6.84. The summed E-state index contributed by atoms with van der Waals surface area (Å²) in [6, 6.07) is 11.2. The van der Waals surface area contributed by atoms with Gasteiger partial charge in [0.05, 0.1) is 24.8 Å². The number of nitrogens with zero attached hydrogens (tertiary/aromatic N) is 1. The van der Waals surface area contributed by atoms with Crippen molar-refractivity contribution >= 4 is 21.6 Å². The fraction of sp³-hybridized carbons (Fsp3) is 0.381. The van der Waals surface area contributed by atoms with Gasteiger partial charge in [0.1, 0.15) is 17.2 Å². The van der Waals surface area contributed by atoms with Crippen LogP contribution in [0, 0.1) is 0 Å². The van der Waals surface area contributed by atoms with E-state index in [9.17, 15) is 13.2 Å². The number of hydrogen-bond acceptors (Lipinski definition) is 6. The zero-order valence-corrected chi connectivity index (χ0v) is 17.9. The number of amides is 1. The Balaban J connectivity index is 1.58. The third kappa shape index (κ3) is 5.22. The maximum absolute atomic E-state index is 12.7. The summed E-state index contributed by atoms with van der Waals surface area (Å²) in [5, 5.41) is 2.71. The number of benzene rings is 2. The van der Waals surface area contributed by atoms with Crippen LogP contribution in [-0.4, -0.2) is 52.5 Å². The highest BCUT2D eigenvalue weighted by molar-refractivity contribution is 7.89. The number of carbonyl (C=O) groups is 1. The Labute approximate surface area is 176 Å². The molecule has 2 aromatic carbocycles. The molecule has 1 amide bonds. The predicted octanol–water partition coefficient (Wildman–Crippen LogP) is 2.90. The molecule has 2 aromatic rings. The zero-order chi connectivity index (χ0) is 21.6. The van der Waals surface area contributed by atoms with Gasteiger partial charge >= 0.3 is 0 Å². The number of hydrogen-bond donors (Lipinski definition) is 1. The molecule has 1 N–H and O–H groups in total. The second kappa shape index (κ2) is 9.82. The molecule has 0 atom stereocenters. The van der Waals surface area contributed by atoms with Crippen molar-refractivity contribution < 1.29 is 27.4 Å². The molecular weight excluding hydrogens is 408 g/mol. The molecule has 1 saturated heterocycles. The molecule has 8 nitrogen and oxygen atoms in total. The number of carbonyl (C=O) groups excluding carboxylic acids is 1. The van der Waals surface area contributed by atoms with Gasteiger partial charge in [-0.15, -0.1) is 0 Å². The van der Waals surface area contributed by atoms with E-state index in [2.05, 4.69) is 5.32 Å². The molecule has 0 unspecified atom stereocenters. The summed E-state index contributed by atoms with van der Waals surface area (Å²) in [4.78, 5) is 12.4. The summed E-state index contributed by atoms with van der Waals surface area (Å²) in [6.07, 6.45) is 2.83. The van der Waals surface area contributed by atoms with Crippen molar-refractivity contribution in [3.63, 3.8) is 0 Å². The molecule has 1 aliphatic rings. The van der Waals surface area contributed by atoms with E-state index >= 15 is 0 Å². The molecule has 0 saturated carbocycles. The fourth-order valence-electron chi connectivity index (χ4n) is 3.20. The van der Waals surface area contributed by atoms with E-state index in [1.807, 2.05) is 0 Å². The molecule has 1 heterocycles. The Hall–Kier alpha value is -2.78. The first-order valence-corrected chi connectivity index (χ1v) is 11.1. The first-order valence-electron chi connectivity index (χ1n) is 9.69. The second-order valence-corrected chi connectivity index (χ2v) is 8.78. The first-order chi connectivity index (χ1) is 14.4. The van der Waals surface area contributed by atoms with E-state index in [4.69, 9.17) is 14.2 Å². The smallest absolute Gasteiger partial charge is 0.262 e. The van der Waals surface area contributed by atoms with Gasteiger partial charge in [0.25, 0.3) is 5.91 Å². The van der Waals surface area contributed by atoms with E-state index in [1.54, 1.807) is 37.4 Å². The van der Waals surface area contributed by atoms with Gasteiger partial charge in [-0.25, -0.2) is 8.42 Å². The minimum Gasteiger partial charge on any atom is -0.497 e. The SMILES string of the molecule is COc1ccc(NC(=O)COc2ccc(S(=O)(=O)N3CCCCC3)cc2)c(OC)c1. The summed E-state index contributed by atoms with van der Waals surface area (Å²) >= 11 is 0. The number of ether oxygens (including phenoxy) is 3. The molecule has 0 radical (unpaired) electrons. The molecule has 9 heteroatoms. The van der Waals surface area contributed by atoms with Crippen molar-refractivity contribution in [3.05, 3.63) is 42.5 Å². The Bertz CT molecular complexity index is 969. The van der Waals surface area contributed by atoms with Gasteiger partial charge < -0.3 is 19.5 Å². The Morgan fingerprint density at radius 1 is 0.967 bits per heavy atom. The monoisotopic (exact) mass is 434 g/mol. The van der Waals surface area contributed by atoms with Gasteiger partial charge in [-0.3, -0.25) is 4.79 Å². The standard InChI is InChI=1S/C21H26N2O6S/c1-27-17-8-11-19(20(14-17)28-2)22-21(24)15-29-16-6-9-18(10-7-16)30(25,26)23-12-4-3-5-13-23/h6-11,14H,3-5,12-13,15H2,1-2H3,(H,22,24). The molecule has 1 aliphatic heterocycles. The molecule has 0 aliphatic carbocycles. The third-order valence-corrected chi connectivity index (χ3v) is 6.74. The number of rotatable bonds is 8. The normalized spacial score (nSPS) is 14.7. The van der Waals surface area contributed by atoms with E-state index in [1.165, 1.54) is 23.5 Å².